The van der Waals surface area contributed by atoms with Gasteiger partial charge in [-0.1, -0.05) is 13.0 Å². The fraction of sp³-hybridized carbons (Fsp3) is 0.526. The van der Waals surface area contributed by atoms with E-state index in [2.05, 4.69) is 28.9 Å². The highest BCUT2D eigenvalue weighted by atomic mass is 16.4. The van der Waals surface area contributed by atoms with Crippen LogP contribution in [0.4, 0.5) is 0 Å². The van der Waals surface area contributed by atoms with Gasteiger partial charge in [-0.2, -0.15) is 0 Å². The Morgan fingerprint density at radius 1 is 1.28 bits per heavy atom. The third-order valence-electron chi connectivity index (χ3n) is 4.78. The fourth-order valence-electron chi connectivity index (χ4n) is 3.86. The molecule has 0 aromatic carbocycles. The van der Waals surface area contributed by atoms with Gasteiger partial charge in [0.2, 0.25) is 0 Å². The summed E-state index contributed by atoms with van der Waals surface area (Å²) >= 11 is 0. The second kappa shape index (κ2) is 9.32. The van der Waals surface area contributed by atoms with E-state index in [0.29, 0.717) is 12.2 Å². The first kappa shape index (κ1) is 19.1. The van der Waals surface area contributed by atoms with Crippen LogP contribution in [0.15, 0.2) is 30.5 Å². The number of aliphatic carboxylic acids is 2. The van der Waals surface area contributed by atoms with E-state index in [9.17, 15) is 9.59 Å². The van der Waals surface area contributed by atoms with E-state index in [1.165, 1.54) is 50.9 Å². The molecule has 2 N–H and O–H groups in total. The lowest BCUT2D eigenvalue weighted by Crippen LogP contribution is -2.46. The molecule has 2 atom stereocenters. The smallest absolute Gasteiger partial charge is 0.328 e. The minimum Gasteiger partial charge on any atom is -0.478 e. The van der Waals surface area contributed by atoms with E-state index in [-0.39, 0.29) is 0 Å². The monoisotopic (exact) mass is 346 g/mol. The van der Waals surface area contributed by atoms with E-state index in [1.807, 2.05) is 6.20 Å². The van der Waals surface area contributed by atoms with Gasteiger partial charge in [-0.05, 0) is 56.8 Å². The minimum atomic E-state index is -1.26. The summed E-state index contributed by atoms with van der Waals surface area (Å²) in [6, 6.07) is 5.22. The van der Waals surface area contributed by atoms with Crippen molar-refractivity contribution < 1.29 is 19.8 Å². The molecule has 136 valence electrons. The first-order chi connectivity index (χ1) is 12.0. The average molecular weight is 346 g/mol. The fourth-order valence-corrected chi connectivity index (χ4v) is 3.86. The molecule has 25 heavy (non-hydrogen) atoms. The summed E-state index contributed by atoms with van der Waals surface area (Å²) in [6.45, 7) is 4.88. The second-order valence-electron chi connectivity index (χ2n) is 6.44. The number of carbonyl (C=O) groups is 2. The lowest BCUT2D eigenvalue weighted by molar-refractivity contribution is -0.134. The van der Waals surface area contributed by atoms with Crippen LogP contribution in [-0.4, -0.2) is 51.2 Å². The number of hydrogen-bond acceptors (Lipinski definition) is 4. The molecular formula is C19H26N2O4. The van der Waals surface area contributed by atoms with Gasteiger partial charge in [-0.25, -0.2) is 9.59 Å². The van der Waals surface area contributed by atoms with Crippen LogP contribution >= 0.6 is 0 Å². The number of piperidine rings is 1. The normalized spacial score (nSPS) is 22.4. The molecule has 1 aliphatic carbocycles. The van der Waals surface area contributed by atoms with Crippen molar-refractivity contribution in [3.05, 3.63) is 41.7 Å². The molecule has 1 aromatic heterocycles. The van der Waals surface area contributed by atoms with Crippen molar-refractivity contribution in [1.82, 2.24) is 9.88 Å². The quantitative estimate of drug-likeness (QED) is 0.815. The maximum absolute atomic E-state index is 9.55. The Balaban J connectivity index is 0.000000242. The number of carboxylic acid groups (broad SMARTS) is 2. The van der Waals surface area contributed by atoms with Gasteiger partial charge < -0.3 is 10.2 Å². The van der Waals surface area contributed by atoms with E-state index < -0.39 is 11.9 Å². The third-order valence-corrected chi connectivity index (χ3v) is 4.78. The highest BCUT2D eigenvalue weighted by molar-refractivity contribution is 5.89. The highest BCUT2D eigenvalue weighted by Crippen LogP contribution is 2.39. The Labute approximate surface area is 148 Å². The van der Waals surface area contributed by atoms with E-state index in [0.717, 1.165) is 12.0 Å². The molecule has 1 fully saturated rings. The topological polar surface area (TPSA) is 90.7 Å². The van der Waals surface area contributed by atoms with Crippen molar-refractivity contribution in [2.75, 3.05) is 13.1 Å². The zero-order valence-electron chi connectivity index (χ0n) is 14.6. The minimum absolute atomic E-state index is 0.558. The number of carboxylic acids is 2. The van der Waals surface area contributed by atoms with Crippen molar-refractivity contribution in [2.45, 2.75) is 51.0 Å². The summed E-state index contributed by atoms with van der Waals surface area (Å²) in [4.78, 5) is 26.4. The molecule has 3 rings (SSSR count). The first-order valence-corrected chi connectivity index (χ1v) is 8.84. The second-order valence-corrected chi connectivity index (χ2v) is 6.44. The lowest BCUT2D eigenvalue weighted by Gasteiger charge is -2.44. The molecule has 2 heterocycles. The number of rotatable bonds is 4. The predicted molar refractivity (Wildman–Crippen MR) is 94.6 cm³/mol. The van der Waals surface area contributed by atoms with Gasteiger partial charge in [-0.3, -0.25) is 9.88 Å². The molecule has 1 saturated heterocycles. The third kappa shape index (κ3) is 5.39. The largest absolute Gasteiger partial charge is 0.478 e. The van der Waals surface area contributed by atoms with Crippen LogP contribution in [-0.2, 0) is 16.0 Å². The van der Waals surface area contributed by atoms with Crippen LogP contribution in [0.3, 0.4) is 0 Å². The molecule has 0 radical (unpaired) electrons. The van der Waals surface area contributed by atoms with Crippen molar-refractivity contribution in [1.29, 1.82) is 0 Å². The number of aromatic nitrogens is 1. The molecule has 0 spiro atoms. The molecular weight excluding hydrogens is 320 g/mol. The maximum Gasteiger partial charge on any atom is 0.328 e. The first-order valence-electron chi connectivity index (χ1n) is 8.84. The molecule has 1 aliphatic heterocycles. The Morgan fingerprint density at radius 2 is 2.00 bits per heavy atom. The van der Waals surface area contributed by atoms with Crippen molar-refractivity contribution in [3.8, 4) is 0 Å². The Hall–Kier alpha value is -2.21. The van der Waals surface area contributed by atoms with E-state index in [4.69, 9.17) is 10.2 Å². The summed E-state index contributed by atoms with van der Waals surface area (Å²) in [5, 5.41) is 15.6. The van der Waals surface area contributed by atoms with Crippen molar-refractivity contribution in [3.63, 3.8) is 0 Å². The van der Waals surface area contributed by atoms with Crippen LogP contribution in [0, 0.1) is 0 Å². The number of pyridine rings is 1. The van der Waals surface area contributed by atoms with Gasteiger partial charge in [-0.15, -0.1) is 0 Å². The van der Waals surface area contributed by atoms with E-state index >= 15 is 0 Å². The summed E-state index contributed by atoms with van der Waals surface area (Å²) in [6.07, 6.45) is 9.56. The van der Waals surface area contributed by atoms with Crippen LogP contribution in [0.2, 0.25) is 0 Å². The summed E-state index contributed by atoms with van der Waals surface area (Å²) in [5.41, 5.74) is 2.91. The standard InChI is InChI=1S/C15H22N2.C4H4O4/c1-2-10-17-11-4-6-13-12-5-3-9-16-14(12)7-8-15(13)17;5-3(6)1-2-4(7)8/h3,5,9,13,15H,2,4,6-8,10-11H2,1H3;1-2H,(H,5,6)(H,7,8)/b;2-1-/t13-,15-;/m0./s1. The Morgan fingerprint density at radius 3 is 2.64 bits per heavy atom. The number of fused-ring (bicyclic) bond motifs is 3. The zero-order chi connectivity index (χ0) is 18.2. The molecule has 0 saturated carbocycles. The van der Waals surface area contributed by atoms with Gasteiger partial charge >= 0.3 is 11.9 Å². The van der Waals surface area contributed by atoms with Crippen molar-refractivity contribution >= 4 is 11.9 Å². The van der Waals surface area contributed by atoms with Crippen LogP contribution in [0.5, 0.6) is 0 Å². The molecule has 0 bridgehead atoms. The van der Waals surface area contributed by atoms with Crippen LogP contribution in [0.1, 0.15) is 49.8 Å². The summed E-state index contributed by atoms with van der Waals surface area (Å²) < 4.78 is 0. The summed E-state index contributed by atoms with van der Waals surface area (Å²) in [5.74, 6) is -1.76. The number of nitrogens with zero attached hydrogens (tertiary/aromatic N) is 2. The Bertz CT molecular complexity index is 612. The van der Waals surface area contributed by atoms with Gasteiger partial charge in [0, 0.05) is 36.0 Å². The number of aryl methyl sites for hydroxylation is 1. The molecule has 2 aliphatic rings. The molecule has 6 nitrogen and oxygen atoms in total. The number of likely N-dealkylation sites (tertiary alicyclic amines) is 1. The van der Waals surface area contributed by atoms with Gasteiger partial charge in [0.05, 0.1) is 0 Å². The van der Waals surface area contributed by atoms with Gasteiger partial charge in [0.25, 0.3) is 0 Å². The van der Waals surface area contributed by atoms with Gasteiger partial charge in [0.1, 0.15) is 0 Å². The number of hydrogen-bond donors (Lipinski definition) is 2. The lowest BCUT2D eigenvalue weighted by atomic mass is 9.76. The molecule has 0 amide bonds. The van der Waals surface area contributed by atoms with Crippen molar-refractivity contribution in [2.24, 2.45) is 0 Å². The van der Waals surface area contributed by atoms with Gasteiger partial charge in [0.15, 0.2) is 0 Å². The predicted octanol–water partition coefficient (Wildman–Crippen LogP) is 2.70. The van der Waals surface area contributed by atoms with Crippen LogP contribution < -0.4 is 0 Å². The average Bonchev–Trinajstić information content (AvgIpc) is 2.61. The molecule has 1 aromatic rings. The highest BCUT2D eigenvalue weighted by Gasteiger charge is 2.35. The Kier molecular flexibility index (Phi) is 7.13. The summed E-state index contributed by atoms with van der Waals surface area (Å²) in [7, 11) is 0. The molecule has 6 heteroatoms. The van der Waals surface area contributed by atoms with E-state index in [1.54, 1.807) is 5.56 Å². The maximum atomic E-state index is 9.55. The zero-order valence-corrected chi connectivity index (χ0v) is 14.6. The van der Waals surface area contributed by atoms with Crippen LogP contribution in [0.25, 0.3) is 0 Å². The SMILES string of the molecule is CCCN1CCC[C@H]2c3cccnc3CC[C@@H]21.O=C(O)/C=C\C(=O)O. The molecule has 0 unspecified atom stereocenters.